The lowest BCUT2D eigenvalue weighted by atomic mass is 10.3. The van der Waals surface area contributed by atoms with E-state index in [1.165, 1.54) is 12.3 Å². The molecule has 0 radical (unpaired) electrons. The largest absolute Gasteiger partial charge is 0.504 e. The van der Waals surface area contributed by atoms with Gasteiger partial charge in [-0.05, 0) is 18.2 Å². The van der Waals surface area contributed by atoms with Crippen molar-refractivity contribution in [1.29, 1.82) is 5.26 Å². The van der Waals surface area contributed by atoms with Gasteiger partial charge in [-0.15, -0.1) is 0 Å². The van der Waals surface area contributed by atoms with Crippen molar-refractivity contribution in [3.05, 3.63) is 47.0 Å². The standard InChI is InChI=1S/C12H7ClFN3O3S/c13-8-4-7(14)5-9(12(8)18)17-21(19,20)11-2-1-3-16-10(11)6-15/h1-5,17-18H. The number of hydrogen-bond acceptors (Lipinski definition) is 5. The summed E-state index contributed by atoms with van der Waals surface area (Å²) in [6.07, 6.45) is 1.26. The van der Waals surface area contributed by atoms with Crippen LogP contribution in [0.15, 0.2) is 35.4 Å². The van der Waals surface area contributed by atoms with Gasteiger partial charge in [-0.2, -0.15) is 5.26 Å². The number of rotatable bonds is 3. The van der Waals surface area contributed by atoms with Crippen LogP contribution in [0.2, 0.25) is 5.02 Å². The number of halogens is 2. The van der Waals surface area contributed by atoms with Crippen molar-refractivity contribution in [3.8, 4) is 11.8 Å². The quantitative estimate of drug-likeness (QED) is 0.841. The lowest BCUT2D eigenvalue weighted by Gasteiger charge is -2.11. The normalized spacial score (nSPS) is 10.9. The molecule has 9 heteroatoms. The topological polar surface area (TPSA) is 103 Å². The molecule has 0 bridgehead atoms. The average molecular weight is 328 g/mol. The molecule has 108 valence electrons. The second-order valence-corrected chi connectivity index (χ2v) is 5.91. The van der Waals surface area contributed by atoms with E-state index in [0.717, 1.165) is 18.2 Å². The molecule has 2 aromatic rings. The highest BCUT2D eigenvalue weighted by Gasteiger charge is 2.22. The summed E-state index contributed by atoms with van der Waals surface area (Å²) in [7, 11) is -4.23. The minimum absolute atomic E-state index is 0.327. The monoisotopic (exact) mass is 327 g/mol. The van der Waals surface area contributed by atoms with Crippen LogP contribution in [0.3, 0.4) is 0 Å². The molecule has 21 heavy (non-hydrogen) atoms. The summed E-state index contributed by atoms with van der Waals surface area (Å²) >= 11 is 5.56. The molecule has 2 rings (SSSR count). The van der Waals surface area contributed by atoms with E-state index in [4.69, 9.17) is 16.9 Å². The fourth-order valence-corrected chi connectivity index (χ4v) is 2.91. The summed E-state index contributed by atoms with van der Waals surface area (Å²) in [5, 5.41) is 18.2. The van der Waals surface area contributed by atoms with Crippen LogP contribution in [0.4, 0.5) is 10.1 Å². The third-order valence-electron chi connectivity index (χ3n) is 2.44. The van der Waals surface area contributed by atoms with E-state index in [9.17, 15) is 17.9 Å². The molecule has 0 aliphatic heterocycles. The number of aromatic hydroxyl groups is 1. The van der Waals surface area contributed by atoms with Crippen LogP contribution in [0.1, 0.15) is 5.69 Å². The molecule has 0 atom stereocenters. The zero-order valence-electron chi connectivity index (χ0n) is 10.2. The number of phenols is 1. The summed E-state index contributed by atoms with van der Waals surface area (Å²) in [5.74, 6) is -1.45. The predicted octanol–water partition coefficient (Wildman–Crippen LogP) is 2.25. The molecule has 0 saturated heterocycles. The molecule has 1 aromatic carbocycles. The average Bonchev–Trinajstić information content (AvgIpc) is 2.44. The van der Waals surface area contributed by atoms with Crippen molar-refractivity contribution in [2.75, 3.05) is 4.72 Å². The van der Waals surface area contributed by atoms with Crippen LogP contribution >= 0.6 is 11.6 Å². The highest BCUT2D eigenvalue weighted by molar-refractivity contribution is 7.92. The molecular formula is C12H7ClFN3O3S. The van der Waals surface area contributed by atoms with E-state index in [1.54, 1.807) is 6.07 Å². The van der Waals surface area contributed by atoms with Crippen LogP contribution in [0, 0.1) is 17.1 Å². The zero-order chi connectivity index (χ0) is 15.6. The molecule has 2 N–H and O–H groups in total. The summed E-state index contributed by atoms with van der Waals surface area (Å²) < 4.78 is 39.6. The van der Waals surface area contributed by atoms with Crippen molar-refractivity contribution in [1.82, 2.24) is 4.98 Å². The van der Waals surface area contributed by atoms with Gasteiger partial charge in [0.05, 0.1) is 10.7 Å². The number of aromatic nitrogens is 1. The Labute approximate surface area is 124 Å². The van der Waals surface area contributed by atoms with E-state index in [2.05, 4.69) is 4.98 Å². The van der Waals surface area contributed by atoms with Crippen LogP contribution < -0.4 is 4.72 Å². The summed E-state index contributed by atoms with van der Waals surface area (Å²) in [5.41, 5.74) is -0.764. The molecule has 0 amide bonds. The van der Waals surface area contributed by atoms with Crippen molar-refractivity contribution < 1.29 is 17.9 Å². The van der Waals surface area contributed by atoms with Crippen molar-refractivity contribution in [3.63, 3.8) is 0 Å². The predicted molar refractivity (Wildman–Crippen MR) is 72.8 cm³/mol. The lowest BCUT2D eigenvalue weighted by Crippen LogP contribution is -2.15. The van der Waals surface area contributed by atoms with Crippen molar-refractivity contribution in [2.24, 2.45) is 0 Å². The molecule has 1 aromatic heterocycles. The number of nitriles is 1. The van der Waals surface area contributed by atoms with Gasteiger partial charge >= 0.3 is 0 Å². The number of benzene rings is 1. The number of hydrogen-bond donors (Lipinski definition) is 2. The molecule has 0 spiro atoms. The van der Waals surface area contributed by atoms with Gasteiger partial charge in [0.15, 0.2) is 11.4 Å². The second-order valence-electron chi connectivity index (χ2n) is 3.85. The minimum atomic E-state index is -4.23. The maximum absolute atomic E-state index is 13.2. The van der Waals surface area contributed by atoms with E-state index in [0.29, 0.717) is 0 Å². The number of pyridine rings is 1. The summed E-state index contributed by atoms with van der Waals surface area (Å²) in [6, 6.07) is 5.72. The number of sulfonamides is 1. The third-order valence-corrected chi connectivity index (χ3v) is 4.12. The van der Waals surface area contributed by atoms with Gasteiger partial charge in [0.2, 0.25) is 0 Å². The van der Waals surface area contributed by atoms with Crippen LogP contribution in [0.25, 0.3) is 0 Å². The third kappa shape index (κ3) is 3.04. The smallest absolute Gasteiger partial charge is 0.264 e. The van der Waals surface area contributed by atoms with Crippen LogP contribution in [-0.2, 0) is 10.0 Å². The van der Waals surface area contributed by atoms with Crippen molar-refractivity contribution >= 4 is 27.3 Å². The SMILES string of the molecule is N#Cc1ncccc1S(=O)(=O)Nc1cc(F)cc(Cl)c1O. The fourth-order valence-electron chi connectivity index (χ4n) is 1.53. The van der Waals surface area contributed by atoms with Gasteiger partial charge < -0.3 is 5.11 Å². The van der Waals surface area contributed by atoms with Gasteiger partial charge in [0, 0.05) is 12.3 Å². The lowest BCUT2D eigenvalue weighted by molar-refractivity contribution is 0.476. The van der Waals surface area contributed by atoms with E-state index < -0.39 is 32.2 Å². The Hall–Kier alpha value is -2.37. The first kappa shape index (κ1) is 15.0. The maximum Gasteiger partial charge on any atom is 0.264 e. The molecule has 0 unspecified atom stereocenters. The number of phenolic OH excluding ortho intramolecular Hbond substituents is 1. The first-order chi connectivity index (χ1) is 9.85. The first-order valence-corrected chi connectivity index (χ1v) is 7.27. The Morgan fingerprint density at radius 1 is 1.43 bits per heavy atom. The van der Waals surface area contributed by atoms with Crippen LogP contribution in [-0.4, -0.2) is 18.5 Å². The minimum Gasteiger partial charge on any atom is -0.504 e. The van der Waals surface area contributed by atoms with Crippen LogP contribution in [0.5, 0.6) is 5.75 Å². The molecule has 0 fully saturated rings. The molecule has 0 aliphatic rings. The maximum atomic E-state index is 13.2. The number of nitrogens with one attached hydrogen (secondary N) is 1. The van der Waals surface area contributed by atoms with Gasteiger partial charge in [0.25, 0.3) is 10.0 Å². The fraction of sp³-hybridized carbons (Fsp3) is 0. The Bertz CT molecular complexity index is 849. The van der Waals surface area contributed by atoms with Gasteiger partial charge in [0.1, 0.15) is 16.8 Å². The van der Waals surface area contributed by atoms with E-state index in [-0.39, 0.29) is 10.7 Å². The van der Waals surface area contributed by atoms with Gasteiger partial charge in [-0.3, -0.25) is 4.72 Å². The molecule has 0 aliphatic carbocycles. The number of anilines is 1. The highest BCUT2D eigenvalue weighted by atomic mass is 35.5. The van der Waals surface area contributed by atoms with Gasteiger partial charge in [-0.25, -0.2) is 17.8 Å². The molecule has 1 heterocycles. The molecule has 6 nitrogen and oxygen atoms in total. The Morgan fingerprint density at radius 3 is 2.81 bits per heavy atom. The molecular weight excluding hydrogens is 321 g/mol. The second kappa shape index (κ2) is 5.55. The summed E-state index contributed by atoms with van der Waals surface area (Å²) in [4.78, 5) is 3.22. The van der Waals surface area contributed by atoms with E-state index >= 15 is 0 Å². The summed E-state index contributed by atoms with van der Waals surface area (Å²) in [6.45, 7) is 0. The molecule has 0 saturated carbocycles. The Kier molecular flexibility index (Phi) is 3.97. The Morgan fingerprint density at radius 2 is 2.14 bits per heavy atom. The Balaban J connectivity index is 2.51. The number of nitrogens with zero attached hydrogens (tertiary/aromatic N) is 2. The van der Waals surface area contributed by atoms with Crippen molar-refractivity contribution in [2.45, 2.75) is 4.90 Å². The van der Waals surface area contributed by atoms with Gasteiger partial charge in [-0.1, -0.05) is 11.6 Å². The first-order valence-electron chi connectivity index (χ1n) is 5.41. The van der Waals surface area contributed by atoms with E-state index in [1.807, 2.05) is 4.72 Å². The highest BCUT2D eigenvalue weighted by Crippen LogP contribution is 2.34. The zero-order valence-corrected chi connectivity index (χ0v) is 11.8.